The SMILES string of the molecule is CC1CC2C(C)(N=C(N)C(C)(C)S2(=O)=O)c2cc(Nc3nccc4[nH]c(=O)cnc34)ccc2O1. The van der Waals surface area contributed by atoms with Gasteiger partial charge in [0.2, 0.25) is 0 Å². The summed E-state index contributed by atoms with van der Waals surface area (Å²) in [5.74, 6) is 1.08. The number of nitrogens with one attached hydrogen (secondary N) is 2. The van der Waals surface area contributed by atoms with Gasteiger partial charge in [-0.25, -0.2) is 18.4 Å². The van der Waals surface area contributed by atoms with Crippen LogP contribution in [0, 0.1) is 0 Å². The quantitative estimate of drug-likeness (QED) is 0.503. The molecule has 0 spiro atoms. The molecule has 178 valence electrons. The average Bonchev–Trinajstić information content (AvgIpc) is 2.87. The Morgan fingerprint density at radius 1 is 1.21 bits per heavy atom. The van der Waals surface area contributed by atoms with Gasteiger partial charge in [0.25, 0.3) is 5.56 Å². The van der Waals surface area contributed by atoms with E-state index in [0.717, 1.165) is 0 Å². The maximum Gasteiger partial charge on any atom is 0.266 e. The topological polar surface area (TPSA) is 152 Å². The molecule has 0 aliphatic carbocycles. The molecule has 11 heteroatoms. The van der Waals surface area contributed by atoms with Crippen molar-refractivity contribution in [2.24, 2.45) is 10.7 Å². The number of hydrogen-bond acceptors (Lipinski definition) is 9. The van der Waals surface area contributed by atoms with Crippen molar-refractivity contribution >= 4 is 38.2 Å². The van der Waals surface area contributed by atoms with Gasteiger partial charge in [0.1, 0.15) is 27.4 Å². The van der Waals surface area contributed by atoms with Gasteiger partial charge in [0.05, 0.1) is 23.1 Å². The van der Waals surface area contributed by atoms with Crippen molar-refractivity contribution in [3.05, 3.63) is 52.6 Å². The normalized spacial score (nSPS) is 27.0. The first-order valence-electron chi connectivity index (χ1n) is 10.9. The molecule has 0 saturated heterocycles. The van der Waals surface area contributed by atoms with Crippen LogP contribution in [0.2, 0.25) is 0 Å². The van der Waals surface area contributed by atoms with Crippen molar-refractivity contribution in [3.63, 3.8) is 0 Å². The van der Waals surface area contributed by atoms with Crippen LogP contribution < -0.4 is 21.3 Å². The number of ether oxygens (including phenoxy) is 1. The molecule has 0 saturated carbocycles. The molecule has 0 fully saturated rings. The van der Waals surface area contributed by atoms with Crippen LogP contribution in [-0.4, -0.2) is 45.3 Å². The molecule has 0 amide bonds. The number of anilines is 2. The maximum absolute atomic E-state index is 13.7. The van der Waals surface area contributed by atoms with Crippen molar-refractivity contribution < 1.29 is 13.2 Å². The Morgan fingerprint density at radius 3 is 2.74 bits per heavy atom. The number of nitrogens with zero attached hydrogens (tertiary/aromatic N) is 3. The van der Waals surface area contributed by atoms with E-state index in [0.29, 0.717) is 40.3 Å². The van der Waals surface area contributed by atoms with Gasteiger partial charge in [-0.05, 0) is 52.0 Å². The summed E-state index contributed by atoms with van der Waals surface area (Å²) in [6.07, 6.45) is 2.72. The van der Waals surface area contributed by atoms with Crippen LogP contribution in [0.5, 0.6) is 5.75 Å². The molecule has 5 rings (SSSR count). The molecule has 10 nitrogen and oxygen atoms in total. The number of aromatic nitrogens is 3. The van der Waals surface area contributed by atoms with Crippen molar-refractivity contribution in [3.8, 4) is 5.75 Å². The number of aromatic amines is 1. The molecule has 3 unspecified atom stereocenters. The fraction of sp³-hybridized carbons (Fsp3) is 0.391. The minimum absolute atomic E-state index is 0.0778. The predicted molar refractivity (Wildman–Crippen MR) is 130 cm³/mol. The van der Waals surface area contributed by atoms with Crippen LogP contribution in [-0.2, 0) is 15.4 Å². The van der Waals surface area contributed by atoms with Crippen LogP contribution in [0.1, 0.15) is 39.7 Å². The van der Waals surface area contributed by atoms with Crippen molar-refractivity contribution in [1.82, 2.24) is 15.0 Å². The summed E-state index contributed by atoms with van der Waals surface area (Å²) >= 11 is 0. The first kappa shape index (κ1) is 22.3. The summed E-state index contributed by atoms with van der Waals surface area (Å²) in [5, 5.41) is 2.42. The Labute approximate surface area is 196 Å². The third-order valence-corrected chi connectivity index (χ3v) is 9.87. The van der Waals surface area contributed by atoms with Gasteiger partial charge in [-0.15, -0.1) is 0 Å². The number of fused-ring (bicyclic) bond motifs is 4. The van der Waals surface area contributed by atoms with Gasteiger partial charge in [0, 0.05) is 23.9 Å². The third-order valence-electron chi connectivity index (χ3n) is 6.84. The molecule has 3 aromatic rings. The lowest BCUT2D eigenvalue weighted by Gasteiger charge is -2.43. The zero-order valence-electron chi connectivity index (χ0n) is 19.3. The molecule has 1 aromatic carbocycles. The van der Waals surface area contributed by atoms with Gasteiger partial charge in [-0.1, -0.05) is 0 Å². The van der Waals surface area contributed by atoms with Gasteiger partial charge in [-0.3, -0.25) is 9.79 Å². The molecule has 34 heavy (non-hydrogen) atoms. The fourth-order valence-corrected chi connectivity index (χ4v) is 7.08. The number of nitrogens with two attached hydrogens (primary N) is 1. The van der Waals surface area contributed by atoms with Gasteiger partial charge in [0.15, 0.2) is 15.7 Å². The van der Waals surface area contributed by atoms with Gasteiger partial charge >= 0.3 is 0 Å². The lowest BCUT2D eigenvalue weighted by molar-refractivity contribution is 0.213. The number of hydrogen-bond donors (Lipinski definition) is 3. The standard InChI is InChI=1S/C23H26N6O4S/c1-12-9-17-23(4,29-21(24)22(2,3)34(17,31)32)14-10-13(5-6-16(14)33-12)27-20-19-15(7-8-25-20)28-18(30)11-26-19/h5-8,10-12,17H,9H2,1-4H3,(H2,24,29)(H,25,27)(H,28,30). The second-order valence-corrected chi connectivity index (χ2v) is 12.2. The highest BCUT2D eigenvalue weighted by Crippen LogP contribution is 2.49. The van der Waals surface area contributed by atoms with E-state index in [9.17, 15) is 13.2 Å². The lowest BCUT2D eigenvalue weighted by atomic mass is 9.85. The Balaban J connectivity index is 1.66. The summed E-state index contributed by atoms with van der Waals surface area (Å²) in [6, 6.07) is 7.09. The van der Waals surface area contributed by atoms with Crippen LogP contribution in [0.25, 0.3) is 11.0 Å². The van der Waals surface area contributed by atoms with Crippen molar-refractivity contribution in [2.75, 3.05) is 5.32 Å². The summed E-state index contributed by atoms with van der Waals surface area (Å²) in [6.45, 7) is 6.85. The van der Waals surface area contributed by atoms with Gasteiger partial charge < -0.3 is 20.8 Å². The highest BCUT2D eigenvalue weighted by Gasteiger charge is 2.58. The predicted octanol–water partition coefficient (Wildman–Crippen LogP) is 2.38. The van der Waals surface area contributed by atoms with E-state index < -0.39 is 25.4 Å². The monoisotopic (exact) mass is 482 g/mol. The minimum Gasteiger partial charge on any atom is -0.490 e. The van der Waals surface area contributed by atoms with E-state index in [-0.39, 0.29) is 17.5 Å². The van der Waals surface area contributed by atoms with Crippen molar-refractivity contribution in [2.45, 2.75) is 55.8 Å². The molecular formula is C23H26N6O4S. The van der Waals surface area contributed by atoms with E-state index in [4.69, 9.17) is 15.5 Å². The number of sulfone groups is 1. The molecular weight excluding hydrogens is 456 g/mol. The van der Waals surface area contributed by atoms with Crippen LogP contribution in [0.4, 0.5) is 11.5 Å². The zero-order valence-corrected chi connectivity index (χ0v) is 20.1. The third kappa shape index (κ3) is 3.17. The second-order valence-electron chi connectivity index (χ2n) is 9.49. The van der Waals surface area contributed by atoms with E-state index in [1.165, 1.54) is 6.20 Å². The smallest absolute Gasteiger partial charge is 0.266 e. The summed E-state index contributed by atoms with van der Waals surface area (Å²) in [4.78, 5) is 27.7. The Morgan fingerprint density at radius 2 is 1.97 bits per heavy atom. The average molecular weight is 483 g/mol. The van der Waals surface area contributed by atoms with Crippen LogP contribution in [0.15, 0.2) is 46.4 Å². The molecule has 0 bridgehead atoms. The molecule has 2 aliphatic heterocycles. The second kappa shape index (κ2) is 7.26. The van der Waals surface area contributed by atoms with Crippen LogP contribution in [0.3, 0.4) is 0 Å². The summed E-state index contributed by atoms with van der Waals surface area (Å²) in [5.41, 5.74) is 7.08. The minimum atomic E-state index is -3.69. The number of benzene rings is 1. The largest absolute Gasteiger partial charge is 0.490 e. The fourth-order valence-electron chi connectivity index (χ4n) is 4.72. The Kier molecular flexibility index (Phi) is 4.77. The molecule has 2 aliphatic rings. The maximum atomic E-state index is 13.7. The highest BCUT2D eigenvalue weighted by molar-refractivity contribution is 7.94. The summed E-state index contributed by atoms with van der Waals surface area (Å²) < 4.78 is 32.2. The first-order chi connectivity index (χ1) is 15.9. The van der Waals surface area contributed by atoms with E-state index in [2.05, 4.69) is 20.3 Å². The van der Waals surface area contributed by atoms with E-state index in [1.54, 1.807) is 39.1 Å². The Hall–Kier alpha value is -3.47. The first-order valence-corrected chi connectivity index (χ1v) is 12.5. The van der Waals surface area contributed by atoms with Crippen LogP contribution >= 0.6 is 0 Å². The van der Waals surface area contributed by atoms with Crippen molar-refractivity contribution in [1.29, 1.82) is 0 Å². The van der Waals surface area contributed by atoms with Gasteiger partial charge in [-0.2, -0.15) is 0 Å². The number of amidine groups is 1. The van der Waals surface area contributed by atoms with E-state index >= 15 is 0 Å². The zero-order chi connectivity index (χ0) is 24.5. The number of aliphatic imine (C=N–C) groups is 1. The summed E-state index contributed by atoms with van der Waals surface area (Å²) in [7, 11) is -3.69. The molecule has 3 atom stereocenters. The van der Waals surface area contributed by atoms with E-state index in [1.807, 2.05) is 19.1 Å². The molecule has 4 N–H and O–H groups in total. The Bertz CT molecular complexity index is 1510. The molecule has 4 heterocycles. The number of pyridine rings is 1. The number of rotatable bonds is 2. The molecule has 2 aromatic heterocycles. The molecule has 0 radical (unpaired) electrons. The highest BCUT2D eigenvalue weighted by atomic mass is 32.2. The number of H-pyrrole nitrogens is 1. The lowest BCUT2D eigenvalue weighted by Crippen LogP contribution is -2.60.